The molecule has 0 aliphatic carbocycles. The Hall–Kier alpha value is -4.34. The van der Waals surface area contributed by atoms with Crippen molar-refractivity contribution in [2.75, 3.05) is 0 Å². The standard InChI is InChI=1S/C38H50N6O4/c1-3-5-7-9-10-12-15-21-29-27-39-35(45)42(31-24-18-14-19-25-31)38(48)44(39)34-32(29)28-40-36(46)41(30-22-16-13-17-23-30)37(47)43(40)33(34)26-20-11-8-6-4-2/h13-14,16-19,22-25,33-34H,3-12,15,20-21,26-28H2,1-2H3. The summed E-state index contributed by atoms with van der Waals surface area (Å²) in [6.45, 7) is 4.92. The van der Waals surface area contributed by atoms with Gasteiger partial charge in [-0.15, -0.1) is 0 Å². The number of hydrogen-bond acceptors (Lipinski definition) is 4. The topological polar surface area (TPSA) is 97.9 Å². The Labute approximate surface area is 281 Å². The molecule has 4 heterocycles. The highest BCUT2D eigenvalue weighted by molar-refractivity contribution is 5.34. The minimum absolute atomic E-state index is 0.216. The van der Waals surface area contributed by atoms with Crippen LogP contribution in [0.15, 0.2) is 91.0 Å². The van der Waals surface area contributed by atoms with Crippen molar-refractivity contribution in [1.29, 1.82) is 0 Å². The molecule has 2 atom stereocenters. The van der Waals surface area contributed by atoms with Crippen molar-refractivity contribution in [3.8, 4) is 11.4 Å². The summed E-state index contributed by atoms with van der Waals surface area (Å²) in [4.78, 5) is 56.8. The summed E-state index contributed by atoms with van der Waals surface area (Å²) in [5.41, 5.74) is 1.58. The van der Waals surface area contributed by atoms with E-state index in [9.17, 15) is 19.2 Å². The summed E-state index contributed by atoms with van der Waals surface area (Å²) in [7, 11) is 0. The van der Waals surface area contributed by atoms with E-state index in [1.165, 1.54) is 41.2 Å². The Bertz CT molecular complexity index is 1950. The third-order valence-electron chi connectivity index (χ3n) is 10.2. The summed E-state index contributed by atoms with van der Waals surface area (Å²) >= 11 is 0. The van der Waals surface area contributed by atoms with Crippen LogP contribution in [-0.4, -0.2) is 27.9 Å². The van der Waals surface area contributed by atoms with E-state index < -0.39 is 23.5 Å². The van der Waals surface area contributed by atoms with E-state index in [0.717, 1.165) is 62.5 Å². The molecule has 2 aromatic heterocycles. The highest BCUT2D eigenvalue weighted by Gasteiger charge is 2.43. The van der Waals surface area contributed by atoms with Gasteiger partial charge in [0.05, 0.1) is 30.5 Å². The van der Waals surface area contributed by atoms with Crippen molar-refractivity contribution < 1.29 is 0 Å². The lowest BCUT2D eigenvalue weighted by molar-refractivity contribution is 0.182. The highest BCUT2D eigenvalue weighted by atomic mass is 16.2. The first-order chi connectivity index (χ1) is 23.5. The fourth-order valence-electron chi connectivity index (χ4n) is 7.77. The van der Waals surface area contributed by atoms with Gasteiger partial charge < -0.3 is 0 Å². The number of allylic oxidation sites excluding steroid dienone is 2. The molecule has 0 fully saturated rings. The molecule has 2 aromatic carbocycles. The van der Waals surface area contributed by atoms with Crippen molar-refractivity contribution in [2.24, 2.45) is 0 Å². The Balaban J connectivity index is 1.48. The molecule has 2 aliphatic rings. The molecule has 0 N–H and O–H groups in total. The molecule has 0 amide bonds. The Morgan fingerprint density at radius 3 is 1.58 bits per heavy atom. The maximum Gasteiger partial charge on any atom is 0.352 e. The molecule has 0 saturated heterocycles. The molecule has 2 aliphatic heterocycles. The van der Waals surface area contributed by atoms with Crippen LogP contribution in [0.5, 0.6) is 0 Å². The zero-order valence-corrected chi connectivity index (χ0v) is 28.6. The zero-order chi connectivity index (χ0) is 33.6. The van der Waals surface area contributed by atoms with Gasteiger partial charge in [-0.05, 0) is 54.7 Å². The molecule has 256 valence electrons. The largest absolute Gasteiger partial charge is 0.352 e. The predicted octanol–water partition coefficient (Wildman–Crippen LogP) is 6.52. The smallest absolute Gasteiger partial charge is 0.245 e. The van der Waals surface area contributed by atoms with Crippen LogP contribution in [0, 0.1) is 0 Å². The first-order valence-corrected chi connectivity index (χ1v) is 18.2. The lowest BCUT2D eigenvalue weighted by Crippen LogP contribution is -2.48. The highest BCUT2D eigenvalue weighted by Crippen LogP contribution is 2.41. The molecule has 0 bridgehead atoms. The van der Waals surface area contributed by atoms with Gasteiger partial charge in [0.15, 0.2) is 0 Å². The molecule has 4 aromatic rings. The summed E-state index contributed by atoms with van der Waals surface area (Å²) in [6, 6.07) is 17.1. The second-order valence-corrected chi connectivity index (χ2v) is 13.5. The lowest BCUT2D eigenvalue weighted by atomic mass is 9.87. The SMILES string of the molecule is CCCCCCCCCC1=C2Cn3c(=O)n(-c4ccccc4)c(=O)n3C(CCCCCCC)C2n2c(=O)n(-c3ccccc3)c(=O)n2C1. The molecular weight excluding hydrogens is 604 g/mol. The second kappa shape index (κ2) is 15.3. The predicted molar refractivity (Wildman–Crippen MR) is 190 cm³/mol. The van der Waals surface area contributed by atoms with Crippen LogP contribution in [0.4, 0.5) is 0 Å². The number of unbranched alkanes of at least 4 members (excludes halogenated alkanes) is 10. The third kappa shape index (κ3) is 6.41. The lowest BCUT2D eigenvalue weighted by Gasteiger charge is -2.40. The van der Waals surface area contributed by atoms with E-state index >= 15 is 0 Å². The van der Waals surface area contributed by atoms with Crippen molar-refractivity contribution in [2.45, 2.75) is 129 Å². The van der Waals surface area contributed by atoms with Crippen LogP contribution in [0.3, 0.4) is 0 Å². The van der Waals surface area contributed by atoms with E-state index in [0.29, 0.717) is 24.3 Å². The monoisotopic (exact) mass is 654 g/mol. The number of aromatic nitrogens is 6. The number of rotatable bonds is 16. The van der Waals surface area contributed by atoms with E-state index in [-0.39, 0.29) is 17.9 Å². The zero-order valence-electron chi connectivity index (χ0n) is 28.6. The van der Waals surface area contributed by atoms with Crippen LogP contribution < -0.4 is 22.8 Å². The van der Waals surface area contributed by atoms with Crippen molar-refractivity contribution in [3.05, 3.63) is 114 Å². The first kappa shape index (κ1) is 33.6. The second-order valence-electron chi connectivity index (χ2n) is 13.5. The van der Waals surface area contributed by atoms with Crippen LogP contribution in [0.1, 0.15) is 116 Å². The van der Waals surface area contributed by atoms with E-state index in [1.807, 2.05) is 36.4 Å². The van der Waals surface area contributed by atoms with Crippen molar-refractivity contribution >= 4 is 0 Å². The van der Waals surface area contributed by atoms with Gasteiger partial charge in [0.2, 0.25) is 0 Å². The van der Waals surface area contributed by atoms with Gasteiger partial charge in [0.1, 0.15) is 6.04 Å². The Morgan fingerprint density at radius 1 is 0.542 bits per heavy atom. The van der Waals surface area contributed by atoms with Gasteiger partial charge in [-0.3, -0.25) is 0 Å². The average molecular weight is 655 g/mol. The summed E-state index contributed by atoms with van der Waals surface area (Å²) in [6.07, 6.45) is 14.8. The molecule has 10 heteroatoms. The van der Waals surface area contributed by atoms with E-state index in [4.69, 9.17) is 0 Å². The van der Waals surface area contributed by atoms with E-state index in [2.05, 4.69) is 13.8 Å². The van der Waals surface area contributed by atoms with Gasteiger partial charge in [0.25, 0.3) is 0 Å². The minimum Gasteiger partial charge on any atom is -0.245 e. The van der Waals surface area contributed by atoms with Crippen LogP contribution in [0.25, 0.3) is 11.4 Å². The van der Waals surface area contributed by atoms with Gasteiger partial charge in [0, 0.05) is 0 Å². The molecule has 2 unspecified atom stereocenters. The average Bonchev–Trinajstić information content (AvgIpc) is 3.51. The fourth-order valence-corrected chi connectivity index (χ4v) is 7.77. The molecular formula is C38H50N6O4. The van der Waals surface area contributed by atoms with Gasteiger partial charge >= 0.3 is 22.8 Å². The van der Waals surface area contributed by atoms with E-state index in [1.54, 1.807) is 43.0 Å². The molecule has 48 heavy (non-hydrogen) atoms. The molecule has 6 rings (SSSR count). The first-order valence-electron chi connectivity index (χ1n) is 18.2. The Morgan fingerprint density at radius 2 is 1.02 bits per heavy atom. The van der Waals surface area contributed by atoms with Crippen LogP contribution >= 0.6 is 0 Å². The van der Waals surface area contributed by atoms with Gasteiger partial charge in [-0.25, -0.2) is 47.0 Å². The third-order valence-corrected chi connectivity index (χ3v) is 10.2. The number of nitrogens with zero attached hydrogens (tertiary/aromatic N) is 6. The summed E-state index contributed by atoms with van der Waals surface area (Å²) in [5, 5.41) is 0. The van der Waals surface area contributed by atoms with Gasteiger partial charge in [-0.2, -0.15) is 0 Å². The number of benzene rings is 2. The summed E-state index contributed by atoms with van der Waals surface area (Å²) in [5.74, 6) is 0. The molecule has 0 radical (unpaired) electrons. The van der Waals surface area contributed by atoms with Crippen LogP contribution in [0.2, 0.25) is 0 Å². The number of para-hydroxylation sites is 2. The minimum atomic E-state index is -0.543. The van der Waals surface area contributed by atoms with Crippen molar-refractivity contribution in [3.63, 3.8) is 0 Å². The quantitative estimate of drug-likeness (QED) is 0.101. The fraction of sp³-hybridized carbons (Fsp3) is 0.526. The van der Waals surface area contributed by atoms with Crippen molar-refractivity contribution in [1.82, 2.24) is 27.9 Å². The number of hydrogen-bond donors (Lipinski definition) is 0. The number of fused-ring (bicyclic) bond motifs is 4. The molecule has 0 spiro atoms. The summed E-state index contributed by atoms with van der Waals surface area (Å²) < 4.78 is 8.90. The maximum absolute atomic E-state index is 14.4. The molecule has 10 nitrogen and oxygen atoms in total. The molecule has 0 saturated carbocycles. The Kier molecular flexibility index (Phi) is 10.7. The maximum atomic E-state index is 14.4. The normalized spacial score (nSPS) is 17.0. The van der Waals surface area contributed by atoms with Crippen LogP contribution in [-0.2, 0) is 13.1 Å². The van der Waals surface area contributed by atoms with Gasteiger partial charge in [-0.1, -0.05) is 121 Å².